The molecule has 0 radical (unpaired) electrons. The van der Waals surface area contributed by atoms with Crippen molar-refractivity contribution in [3.8, 4) is 0 Å². The third kappa shape index (κ3) is 4.65. The van der Waals surface area contributed by atoms with Gasteiger partial charge >= 0.3 is 5.97 Å². The van der Waals surface area contributed by atoms with Crippen LogP contribution in [0.5, 0.6) is 0 Å². The summed E-state index contributed by atoms with van der Waals surface area (Å²) in [6.07, 6.45) is 0.379. The zero-order valence-electron chi connectivity index (χ0n) is 11.6. The minimum absolute atomic E-state index is 0.0138. The molecule has 1 amide bonds. The molecule has 0 spiro atoms. The van der Waals surface area contributed by atoms with E-state index in [0.717, 1.165) is 0 Å². The molecule has 1 aromatic heterocycles. The van der Waals surface area contributed by atoms with Gasteiger partial charge in [0.15, 0.2) is 0 Å². The maximum atomic E-state index is 12.2. The number of rotatable bonds is 5. The molecule has 1 aromatic rings. The average molecular weight is 265 g/mol. The molecule has 0 aliphatic heterocycles. The van der Waals surface area contributed by atoms with Crippen LogP contribution in [0.3, 0.4) is 0 Å². The lowest BCUT2D eigenvalue weighted by Crippen LogP contribution is -2.44. The highest BCUT2D eigenvalue weighted by Crippen LogP contribution is 2.14. The van der Waals surface area contributed by atoms with Crippen LogP contribution in [0.15, 0.2) is 6.07 Å². The Hall–Kier alpha value is -1.98. The van der Waals surface area contributed by atoms with Gasteiger partial charge in [0.25, 0.3) is 5.91 Å². The molecule has 2 N–H and O–H groups in total. The number of amides is 1. The highest BCUT2D eigenvalue weighted by molar-refractivity contribution is 5.95. The standard InChI is InChI=1S/C13H19N3O3/c1-8-7-10(9(2)16-15-8)12(19)14-13(3,4)6-5-11(17)18/h7H,5-6H2,1-4H3,(H,14,19)(H,17,18). The molecule has 0 unspecified atom stereocenters. The summed E-state index contributed by atoms with van der Waals surface area (Å²) in [5.41, 5.74) is 1.10. The van der Waals surface area contributed by atoms with Crippen molar-refractivity contribution in [2.24, 2.45) is 0 Å². The van der Waals surface area contributed by atoms with Crippen LogP contribution in [-0.4, -0.2) is 32.7 Å². The van der Waals surface area contributed by atoms with E-state index in [4.69, 9.17) is 5.11 Å². The fraction of sp³-hybridized carbons (Fsp3) is 0.538. The number of aryl methyl sites for hydroxylation is 2. The summed E-state index contributed by atoms with van der Waals surface area (Å²) in [6.45, 7) is 7.07. The highest BCUT2D eigenvalue weighted by Gasteiger charge is 2.23. The number of aromatic nitrogens is 2. The first-order chi connectivity index (χ1) is 8.71. The monoisotopic (exact) mass is 265 g/mol. The van der Waals surface area contributed by atoms with Crippen molar-refractivity contribution in [2.75, 3.05) is 0 Å². The fourth-order valence-electron chi connectivity index (χ4n) is 1.64. The lowest BCUT2D eigenvalue weighted by Gasteiger charge is -2.25. The average Bonchev–Trinajstić information content (AvgIpc) is 2.29. The maximum absolute atomic E-state index is 12.2. The van der Waals surface area contributed by atoms with E-state index in [2.05, 4.69) is 15.5 Å². The maximum Gasteiger partial charge on any atom is 0.303 e. The van der Waals surface area contributed by atoms with Crippen molar-refractivity contribution in [2.45, 2.75) is 46.1 Å². The molecule has 0 aliphatic rings. The van der Waals surface area contributed by atoms with Gasteiger partial charge in [0.05, 0.1) is 17.0 Å². The van der Waals surface area contributed by atoms with E-state index in [1.807, 2.05) is 0 Å². The predicted molar refractivity (Wildman–Crippen MR) is 69.9 cm³/mol. The number of carboxylic acid groups (broad SMARTS) is 1. The van der Waals surface area contributed by atoms with Gasteiger partial charge < -0.3 is 10.4 Å². The molecular weight excluding hydrogens is 246 g/mol. The van der Waals surface area contributed by atoms with Gasteiger partial charge in [-0.3, -0.25) is 9.59 Å². The normalized spacial score (nSPS) is 11.2. The molecular formula is C13H19N3O3. The SMILES string of the molecule is Cc1cc(C(=O)NC(C)(C)CCC(=O)O)c(C)nn1. The van der Waals surface area contributed by atoms with Crippen LogP contribution in [0.1, 0.15) is 48.4 Å². The molecule has 0 aliphatic carbocycles. The second kappa shape index (κ2) is 5.77. The summed E-state index contributed by atoms with van der Waals surface area (Å²) in [4.78, 5) is 22.7. The van der Waals surface area contributed by atoms with Gasteiger partial charge in [0.2, 0.25) is 0 Å². The van der Waals surface area contributed by atoms with Crippen molar-refractivity contribution < 1.29 is 14.7 Å². The Bertz CT molecular complexity index is 498. The molecule has 0 saturated carbocycles. The van der Waals surface area contributed by atoms with Crippen molar-refractivity contribution in [3.05, 3.63) is 23.0 Å². The van der Waals surface area contributed by atoms with Crippen molar-refractivity contribution in [1.29, 1.82) is 0 Å². The van der Waals surface area contributed by atoms with Gasteiger partial charge in [-0.2, -0.15) is 10.2 Å². The fourth-order valence-corrected chi connectivity index (χ4v) is 1.64. The van der Waals surface area contributed by atoms with Gasteiger partial charge in [-0.05, 0) is 40.2 Å². The number of nitrogens with zero attached hydrogens (tertiary/aromatic N) is 2. The molecule has 0 saturated heterocycles. The van der Waals surface area contributed by atoms with Gasteiger partial charge in [0.1, 0.15) is 0 Å². The molecule has 0 aromatic carbocycles. The van der Waals surface area contributed by atoms with E-state index < -0.39 is 11.5 Å². The minimum atomic E-state index is -0.875. The minimum Gasteiger partial charge on any atom is -0.481 e. The van der Waals surface area contributed by atoms with Gasteiger partial charge in [-0.25, -0.2) is 0 Å². The molecule has 104 valence electrons. The van der Waals surface area contributed by atoms with Crippen LogP contribution in [0.25, 0.3) is 0 Å². The van der Waals surface area contributed by atoms with Gasteiger partial charge in [0, 0.05) is 12.0 Å². The number of hydrogen-bond donors (Lipinski definition) is 2. The number of carboxylic acids is 1. The molecule has 6 heteroatoms. The van der Waals surface area contributed by atoms with Crippen molar-refractivity contribution in [1.82, 2.24) is 15.5 Å². The summed E-state index contributed by atoms with van der Waals surface area (Å²) in [5.74, 6) is -1.13. The molecule has 1 heterocycles. The zero-order chi connectivity index (χ0) is 14.6. The van der Waals surface area contributed by atoms with Gasteiger partial charge in [-0.1, -0.05) is 0 Å². The van der Waals surface area contributed by atoms with Crippen molar-refractivity contribution >= 4 is 11.9 Å². The molecule has 0 atom stereocenters. The lowest BCUT2D eigenvalue weighted by atomic mass is 9.97. The number of carbonyl (C=O) groups excluding carboxylic acids is 1. The van der Waals surface area contributed by atoms with E-state index in [-0.39, 0.29) is 12.3 Å². The van der Waals surface area contributed by atoms with E-state index in [0.29, 0.717) is 23.4 Å². The smallest absolute Gasteiger partial charge is 0.303 e. The van der Waals surface area contributed by atoms with Crippen LogP contribution in [0.4, 0.5) is 0 Å². The Morgan fingerprint density at radius 1 is 1.32 bits per heavy atom. The summed E-state index contributed by atoms with van der Waals surface area (Å²) in [6, 6.07) is 1.67. The van der Waals surface area contributed by atoms with E-state index in [9.17, 15) is 9.59 Å². The van der Waals surface area contributed by atoms with Gasteiger partial charge in [-0.15, -0.1) is 0 Å². The largest absolute Gasteiger partial charge is 0.481 e. The van der Waals surface area contributed by atoms with Crippen LogP contribution in [-0.2, 0) is 4.79 Å². The Labute approximate surface area is 112 Å². The zero-order valence-corrected chi connectivity index (χ0v) is 11.6. The highest BCUT2D eigenvalue weighted by atomic mass is 16.4. The Morgan fingerprint density at radius 2 is 1.95 bits per heavy atom. The third-order valence-electron chi connectivity index (χ3n) is 2.76. The number of carbonyl (C=O) groups is 2. The Balaban J connectivity index is 2.78. The van der Waals surface area contributed by atoms with Crippen LogP contribution >= 0.6 is 0 Å². The number of nitrogens with one attached hydrogen (secondary N) is 1. The quantitative estimate of drug-likeness (QED) is 0.841. The van der Waals surface area contributed by atoms with E-state index >= 15 is 0 Å². The predicted octanol–water partition coefficient (Wildman–Crippen LogP) is 1.47. The van der Waals surface area contributed by atoms with Crippen molar-refractivity contribution in [3.63, 3.8) is 0 Å². The summed E-state index contributed by atoms with van der Waals surface area (Å²) < 4.78 is 0. The lowest BCUT2D eigenvalue weighted by molar-refractivity contribution is -0.137. The van der Waals surface area contributed by atoms with Crippen LogP contribution < -0.4 is 5.32 Å². The Morgan fingerprint density at radius 3 is 2.53 bits per heavy atom. The first kappa shape index (κ1) is 15.1. The van der Waals surface area contributed by atoms with Crippen LogP contribution in [0, 0.1) is 13.8 Å². The second-order valence-corrected chi connectivity index (χ2v) is 5.22. The summed E-state index contributed by atoms with van der Waals surface area (Å²) in [7, 11) is 0. The topological polar surface area (TPSA) is 92.2 Å². The summed E-state index contributed by atoms with van der Waals surface area (Å²) in [5, 5.41) is 19.3. The van der Waals surface area contributed by atoms with Crippen LogP contribution in [0.2, 0.25) is 0 Å². The number of hydrogen-bond acceptors (Lipinski definition) is 4. The summed E-state index contributed by atoms with van der Waals surface area (Å²) >= 11 is 0. The van der Waals surface area contributed by atoms with E-state index in [1.54, 1.807) is 33.8 Å². The Kier molecular flexibility index (Phi) is 4.58. The third-order valence-corrected chi connectivity index (χ3v) is 2.76. The first-order valence-electron chi connectivity index (χ1n) is 6.06. The number of aliphatic carboxylic acids is 1. The first-order valence-corrected chi connectivity index (χ1v) is 6.06. The molecule has 19 heavy (non-hydrogen) atoms. The molecule has 0 bridgehead atoms. The molecule has 1 rings (SSSR count). The van der Waals surface area contributed by atoms with E-state index in [1.165, 1.54) is 0 Å². The molecule has 0 fully saturated rings. The molecule has 6 nitrogen and oxygen atoms in total. The second-order valence-electron chi connectivity index (χ2n) is 5.22.